The Hall–Kier alpha value is -3.42. The van der Waals surface area contributed by atoms with Gasteiger partial charge in [0, 0.05) is 12.2 Å². The molecule has 34 heteroatoms. The molecular formula is C20H6F30O4. The number of halogens is 30. The van der Waals surface area contributed by atoms with E-state index in [4.69, 9.17) is 0 Å². The molecule has 54 heavy (non-hydrogen) atoms. The van der Waals surface area contributed by atoms with Gasteiger partial charge in [-0.1, -0.05) is 0 Å². The van der Waals surface area contributed by atoms with Crippen LogP contribution in [0.15, 0.2) is 12.2 Å². The minimum atomic E-state index is -8.78. The predicted molar refractivity (Wildman–Crippen MR) is 103 cm³/mol. The summed E-state index contributed by atoms with van der Waals surface area (Å²) in [4.78, 5) is 22.4. The van der Waals surface area contributed by atoms with Crippen LogP contribution in [0.4, 0.5) is 132 Å². The first kappa shape index (κ1) is 50.6. The van der Waals surface area contributed by atoms with Gasteiger partial charge >= 0.3 is 95.4 Å². The average molecular weight is 880 g/mol. The maximum absolute atomic E-state index is 13.6. The smallest absolute Gasteiger partial charge is 0.456 e. The standard InChI is InChI=1S/C20H6F30O4/c21-7(22,9(25,26)11(29,30)13(33,34)15(37,38)17(41,42)19(45,46)47)3-53-5(51)1-2-6(52)54-4-8(23,24)10(27,28)12(31,32)14(35,36)16(39,40)18(43,44)20(48,49)50/h1-2H,3-4H2. The highest BCUT2D eigenvalue weighted by molar-refractivity contribution is 5.91. The summed E-state index contributed by atoms with van der Waals surface area (Å²) in [6, 6.07) is 0. The van der Waals surface area contributed by atoms with Crippen molar-refractivity contribution in [1.82, 2.24) is 0 Å². The fourth-order valence-electron chi connectivity index (χ4n) is 2.74. The Morgan fingerprint density at radius 1 is 0.296 bits per heavy atom. The summed E-state index contributed by atoms with van der Waals surface area (Å²) < 4.78 is 398. The van der Waals surface area contributed by atoms with Crippen molar-refractivity contribution in [2.24, 2.45) is 0 Å². The topological polar surface area (TPSA) is 52.6 Å². The van der Waals surface area contributed by atoms with Gasteiger partial charge in [-0.05, 0) is 0 Å². The number of hydrogen-bond acceptors (Lipinski definition) is 4. The number of ether oxygens (including phenoxy) is 2. The van der Waals surface area contributed by atoms with Crippen LogP contribution in [0.2, 0.25) is 0 Å². The Kier molecular flexibility index (Phi) is 12.8. The van der Waals surface area contributed by atoms with Crippen molar-refractivity contribution in [3.63, 3.8) is 0 Å². The molecule has 0 amide bonds. The Bertz CT molecular complexity index is 1300. The molecule has 0 aromatic heterocycles. The van der Waals surface area contributed by atoms with E-state index < -0.39 is 121 Å². The van der Waals surface area contributed by atoms with Gasteiger partial charge in [-0.25, -0.2) is 9.59 Å². The monoisotopic (exact) mass is 880 g/mol. The van der Waals surface area contributed by atoms with Gasteiger partial charge in [-0.2, -0.15) is 132 Å². The number of hydrogen-bond donors (Lipinski definition) is 0. The van der Waals surface area contributed by atoms with Crippen molar-refractivity contribution < 1.29 is 151 Å². The summed E-state index contributed by atoms with van der Waals surface area (Å²) in [5.74, 6) is -106. The van der Waals surface area contributed by atoms with Crippen LogP contribution >= 0.6 is 0 Å². The third kappa shape index (κ3) is 7.44. The molecule has 0 aromatic rings. The van der Waals surface area contributed by atoms with E-state index in [9.17, 15) is 141 Å². The molecule has 320 valence electrons. The average Bonchev–Trinajstić information content (AvgIpc) is 2.95. The molecule has 0 heterocycles. The molecule has 4 nitrogen and oxygen atoms in total. The maximum Gasteiger partial charge on any atom is 0.460 e. The van der Waals surface area contributed by atoms with E-state index in [1.165, 1.54) is 0 Å². The molecule has 0 atom stereocenters. The Morgan fingerprint density at radius 2 is 0.463 bits per heavy atom. The van der Waals surface area contributed by atoms with Gasteiger partial charge in [0.1, 0.15) is 0 Å². The van der Waals surface area contributed by atoms with Gasteiger partial charge in [-0.3, -0.25) is 0 Å². The Balaban J connectivity index is 6.06. The summed E-state index contributed by atoms with van der Waals surface area (Å²) in [6.07, 6.45) is -18.0. The quantitative estimate of drug-likeness (QED) is 0.0882. The molecule has 0 saturated carbocycles. The molecule has 0 radical (unpaired) electrons. The number of rotatable bonds is 16. The number of alkyl halides is 30. The van der Waals surface area contributed by atoms with Gasteiger partial charge in [0.2, 0.25) is 0 Å². The van der Waals surface area contributed by atoms with Gasteiger partial charge < -0.3 is 9.47 Å². The molecule has 0 N–H and O–H groups in total. The largest absolute Gasteiger partial charge is 0.460 e. The Labute approximate surface area is 272 Å². The zero-order valence-electron chi connectivity index (χ0n) is 23.5. The lowest BCUT2D eigenvalue weighted by Gasteiger charge is -2.41. The summed E-state index contributed by atoms with van der Waals surface area (Å²) in [5.41, 5.74) is 0. The van der Waals surface area contributed by atoms with E-state index in [1.54, 1.807) is 0 Å². The van der Waals surface area contributed by atoms with Crippen LogP contribution in [0.25, 0.3) is 0 Å². The van der Waals surface area contributed by atoms with Gasteiger partial charge in [0.15, 0.2) is 13.2 Å². The van der Waals surface area contributed by atoms with E-state index in [1.807, 2.05) is 0 Å². The van der Waals surface area contributed by atoms with Crippen LogP contribution in [0, 0.1) is 0 Å². The van der Waals surface area contributed by atoms with Crippen molar-refractivity contribution in [3.05, 3.63) is 12.2 Å². The minimum Gasteiger partial charge on any atom is -0.456 e. The van der Waals surface area contributed by atoms with Crippen molar-refractivity contribution in [2.45, 2.75) is 83.4 Å². The molecule has 0 aromatic carbocycles. The van der Waals surface area contributed by atoms with E-state index in [0.29, 0.717) is 0 Å². The molecule has 0 rings (SSSR count). The number of carbonyl (C=O) groups excluding carboxylic acids is 2. The fourth-order valence-corrected chi connectivity index (χ4v) is 2.74. The third-order valence-electron chi connectivity index (χ3n) is 5.93. The van der Waals surface area contributed by atoms with E-state index in [-0.39, 0.29) is 0 Å². The zero-order valence-corrected chi connectivity index (χ0v) is 23.5. The van der Waals surface area contributed by atoms with E-state index in [2.05, 4.69) is 9.47 Å². The van der Waals surface area contributed by atoms with E-state index in [0.717, 1.165) is 0 Å². The molecule has 0 saturated heterocycles. The second kappa shape index (κ2) is 13.7. The van der Waals surface area contributed by atoms with E-state index >= 15 is 0 Å². The molecule has 0 aliphatic heterocycles. The summed E-state index contributed by atoms with van der Waals surface area (Å²) in [5, 5.41) is 0. The molecular weight excluding hydrogens is 874 g/mol. The lowest BCUT2D eigenvalue weighted by molar-refractivity contribution is -0.453. The van der Waals surface area contributed by atoms with Crippen LogP contribution in [-0.2, 0) is 19.1 Å². The minimum absolute atomic E-state index is 1.03. The number of carbonyl (C=O) groups is 2. The predicted octanol–water partition coefficient (Wildman–Crippen LogP) is 9.38. The van der Waals surface area contributed by atoms with Crippen LogP contribution in [-0.4, -0.2) is 109 Å². The van der Waals surface area contributed by atoms with Crippen molar-refractivity contribution in [1.29, 1.82) is 0 Å². The second-order valence-corrected chi connectivity index (χ2v) is 9.70. The molecule has 0 bridgehead atoms. The second-order valence-electron chi connectivity index (χ2n) is 9.70. The van der Waals surface area contributed by atoms with Gasteiger partial charge in [0.05, 0.1) is 0 Å². The highest BCUT2D eigenvalue weighted by atomic mass is 19.4. The molecule has 0 fully saturated rings. The first-order chi connectivity index (χ1) is 23.0. The van der Waals surface area contributed by atoms with Crippen LogP contribution < -0.4 is 0 Å². The summed E-state index contributed by atoms with van der Waals surface area (Å²) in [6.45, 7) is -7.76. The molecule has 0 aliphatic rings. The van der Waals surface area contributed by atoms with Crippen LogP contribution in [0.1, 0.15) is 0 Å². The SMILES string of the molecule is O=C(C=CC(=O)OCC(F)(F)C(F)(F)C(F)(F)C(F)(F)C(F)(F)C(F)(F)C(F)(F)F)OCC(F)(F)C(F)(F)C(F)(F)C(F)(F)C(F)(F)C(F)(F)C(F)(F)F. The highest BCUT2D eigenvalue weighted by Crippen LogP contribution is 2.64. The maximum atomic E-state index is 13.6. The van der Waals surface area contributed by atoms with Gasteiger partial charge in [-0.15, -0.1) is 0 Å². The van der Waals surface area contributed by atoms with Gasteiger partial charge in [0.25, 0.3) is 0 Å². The zero-order chi connectivity index (χ0) is 44.4. The lowest BCUT2D eigenvalue weighted by Crippen LogP contribution is -2.73. The number of esters is 2. The fraction of sp³-hybridized carbons (Fsp3) is 0.800. The van der Waals surface area contributed by atoms with Crippen LogP contribution in [0.5, 0.6) is 0 Å². The third-order valence-corrected chi connectivity index (χ3v) is 5.93. The normalized spacial score (nSPS) is 16.2. The first-order valence-corrected chi connectivity index (χ1v) is 11.7. The summed E-state index contributed by atoms with van der Waals surface area (Å²) in [7, 11) is 0. The van der Waals surface area contributed by atoms with Crippen LogP contribution in [0.3, 0.4) is 0 Å². The summed E-state index contributed by atoms with van der Waals surface area (Å²) >= 11 is 0. The van der Waals surface area contributed by atoms with Crippen molar-refractivity contribution in [2.75, 3.05) is 13.2 Å². The first-order valence-electron chi connectivity index (χ1n) is 11.7. The lowest BCUT2D eigenvalue weighted by atomic mass is 9.91. The molecule has 0 aliphatic carbocycles. The van der Waals surface area contributed by atoms with Crippen molar-refractivity contribution in [3.8, 4) is 0 Å². The Morgan fingerprint density at radius 3 is 0.648 bits per heavy atom. The molecule has 0 unspecified atom stereocenters. The van der Waals surface area contributed by atoms with Crippen molar-refractivity contribution >= 4 is 11.9 Å². The molecule has 0 spiro atoms. The highest BCUT2D eigenvalue weighted by Gasteiger charge is 2.95.